The number of benzene rings is 2. The maximum atomic E-state index is 12.5. The Kier molecular flexibility index (Phi) is 4.79. The minimum Gasteiger partial charge on any atom is -0.489 e. The Morgan fingerprint density at radius 2 is 1.80 bits per heavy atom. The number of para-hydroxylation sites is 2. The van der Waals surface area contributed by atoms with Gasteiger partial charge in [-0.15, -0.1) is 10.2 Å². The summed E-state index contributed by atoms with van der Waals surface area (Å²) in [4.78, 5) is 12.5. The Bertz CT molecular complexity index is 870. The Balaban J connectivity index is 1.76. The summed E-state index contributed by atoms with van der Waals surface area (Å²) in [7, 11) is 0. The van der Waals surface area contributed by atoms with Crippen molar-refractivity contribution in [3.05, 3.63) is 60.0 Å². The van der Waals surface area contributed by atoms with E-state index in [4.69, 9.17) is 9.15 Å². The lowest BCUT2D eigenvalue weighted by molar-refractivity contribution is 0.102. The number of nitrogens with zero attached hydrogens (tertiary/aromatic N) is 2. The van der Waals surface area contributed by atoms with Crippen molar-refractivity contribution in [3.63, 3.8) is 0 Å². The van der Waals surface area contributed by atoms with Gasteiger partial charge in [0.25, 0.3) is 5.91 Å². The lowest BCUT2D eigenvalue weighted by atomic mass is 10.1. The van der Waals surface area contributed by atoms with Crippen LogP contribution in [-0.4, -0.2) is 22.2 Å². The Morgan fingerprint density at radius 3 is 2.44 bits per heavy atom. The molecule has 6 nitrogen and oxygen atoms in total. The second-order valence-corrected chi connectivity index (χ2v) is 5.82. The number of carbonyl (C=O) groups excluding carboxylic acids is 1. The third-order valence-electron chi connectivity index (χ3n) is 3.42. The molecule has 0 radical (unpaired) electrons. The first-order chi connectivity index (χ1) is 12.0. The van der Waals surface area contributed by atoms with Crippen molar-refractivity contribution in [3.8, 4) is 17.2 Å². The lowest BCUT2D eigenvalue weighted by Crippen LogP contribution is -2.14. The van der Waals surface area contributed by atoms with Crippen LogP contribution >= 0.6 is 0 Å². The van der Waals surface area contributed by atoms with Crippen LogP contribution in [0.5, 0.6) is 5.75 Å². The molecule has 0 saturated heterocycles. The summed E-state index contributed by atoms with van der Waals surface area (Å²) in [5.74, 6) is 1.36. The van der Waals surface area contributed by atoms with Crippen LogP contribution in [0.3, 0.4) is 0 Å². The minimum atomic E-state index is -0.215. The Morgan fingerprint density at radius 1 is 1.08 bits per heavy atom. The molecule has 0 aliphatic rings. The number of nitrogens with one attached hydrogen (secondary N) is 1. The molecule has 6 heteroatoms. The summed E-state index contributed by atoms with van der Waals surface area (Å²) in [6.45, 7) is 5.61. The van der Waals surface area contributed by atoms with Gasteiger partial charge in [-0.2, -0.15) is 0 Å². The third-order valence-corrected chi connectivity index (χ3v) is 3.42. The van der Waals surface area contributed by atoms with E-state index in [2.05, 4.69) is 15.5 Å². The van der Waals surface area contributed by atoms with Crippen molar-refractivity contribution in [2.24, 2.45) is 0 Å². The van der Waals surface area contributed by atoms with Gasteiger partial charge < -0.3 is 14.5 Å². The molecule has 0 spiro atoms. The monoisotopic (exact) mass is 337 g/mol. The van der Waals surface area contributed by atoms with E-state index in [1.807, 2.05) is 38.1 Å². The van der Waals surface area contributed by atoms with Gasteiger partial charge in [-0.3, -0.25) is 4.79 Å². The fourth-order valence-electron chi connectivity index (χ4n) is 2.30. The van der Waals surface area contributed by atoms with E-state index in [-0.39, 0.29) is 12.0 Å². The van der Waals surface area contributed by atoms with E-state index in [9.17, 15) is 4.79 Å². The van der Waals surface area contributed by atoms with Crippen LogP contribution in [0.15, 0.2) is 52.9 Å². The van der Waals surface area contributed by atoms with Crippen molar-refractivity contribution in [1.82, 2.24) is 10.2 Å². The van der Waals surface area contributed by atoms with Crippen molar-refractivity contribution in [2.45, 2.75) is 26.9 Å². The fraction of sp³-hybridized carbons (Fsp3) is 0.211. The molecule has 1 amide bonds. The maximum Gasteiger partial charge on any atom is 0.255 e. The molecule has 0 saturated carbocycles. The molecule has 25 heavy (non-hydrogen) atoms. The molecule has 0 aliphatic heterocycles. The van der Waals surface area contributed by atoms with Crippen LogP contribution < -0.4 is 10.1 Å². The van der Waals surface area contributed by atoms with Crippen molar-refractivity contribution in [2.75, 3.05) is 5.32 Å². The van der Waals surface area contributed by atoms with Gasteiger partial charge in [0, 0.05) is 18.1 Å². The van der Waals surface area contributed by atoms with E-state index >= 15 is 0 Å². The van der Waals surface area contributed by atoms with E-state index in [0.29, 0.717) is 28.8 Å². The normalized spacial score (nSPS) is 10.7. The van der Waals surface area contributed by atoms with Gasteiger partial charge >= 0.3 is 0 Å². The van der Waals surface area contributed by atoms with E-state index in [1.54, 1.807) is 31.2 Å². The smallest absolute Gasteiger partial charge is 0.255 e. The molecule has 0 atom stereocenters. The number of aromatic nitrogens is 2. The van der Waals surface area contributed by atoms with Crippen molar-refractivity contribution >= 4 is 11.6 Å². The minimum absolute atomic E-state index is 0.0233. The molecule has 1 heterocycles. The van der Waals surface area contributed by atoms with Gasteiger partial charge in [-0.25, -0.2) is 0 Å². The predicted octanol–water partition coefficient (Wildman–Crippen LogP) is 4.08. The summed E-state index contributed by atoms with van der Waals surface area (Å²) in [5, 5.41) is 10.6. The van der Waals surface area contributed by atoms with Gasteiger partial charge in [-0.1, -0.05) is 12.1 Å². The number of amides is 1. The zero-order valence-electron chi connectivity index (χ0n) is 14.3. The summed E-state index contributed by atoms with van der Waals surface area (Å²) < 4.78 is 11.1. The second-order valence-electron chi connectivity index (χ2n) is 5.82. The molecule has 0 bridgehead atoms. The van der Waals surface area contributed by atoms with Gasteiger partial charge in [0.2, 0.25) is 11.8 Å². The highest BCUT2D eigenvalue weighted by atomic mass is 16.5. The quantitative estimate of drug-likeness (QED) is 0.759. The summed E-state index contributed by atoms with van der Waals surface area (Å²) in [5.41, 5.74) is 1.93. The zero-order chi connectivity index (χ0) is 17.8. The van der Waals surface area contributed by atoms with Crippen molar-refractivity contribution in [1.29, 1.82) is 0 Å². The molecule has 128 valence electrons. The lowest BCUT2D eigenvalue weighted by Gasteiger charge is -2.14. The summed E-state index contributed by atoms with van der Waals surface area (Å²) in [6.07, 6.45) is 0.0233. The number of carbonyl (C=O) groups is 1. The highest BCUT2D eigenvalue weighted by molar-refractivity contribution is 6.05. The third kappa shape index (κ3) is 4.03. The number of rotatable bonds is 5. The molecule has 1 aromatic heterocycles. The highest BCUT2D eigenvalue weighted by Crippen LogP contribution is 2.26. The Hall–Kier alpha value is -3.15. The van der Waals surface area contributed by atoms with Gasteiger partial charge in [0.1, 0.15) is 5.75 Å². The largest absolute Gasteiger partial charge is 0.489 e. The molecule has 0 unspecified atom stereocenters. The van der Waals surface area contributed by atoms with E-state index in [1.165, 1.54) is 0 Å². The molecule has 0 aliphatic carbocycles. The number of hydrogen-bond donors (Lipinski definition) is 1. The van der Waals surface area contributed by atoms with Crippen LogP contribution in [0.1, 0.15) is 30.1 Å². The van der Waals surface area contributed by atoms with Crippen LogP contribution in [0, 0.1) is 6.92 Å². The van der Waals surface area contributed by atoms with Gasteiger partial charge in [0.15, 0.2) is 0 Å². The average Bonchev–Trinajstić information content (AvgIpc) is 3.03. The van der Waals surface area contributed by atoms with Crippen LogP contribution in [0.4, 0.5) is 5.69 Å². The van der Waals surface area contributed by atoms with E-state index in [0.717, 1.165) is 5.56 Å². The topological polar surface area (TPSA) is 77.2 Å². The Labute approximate surface area is 145 Å². The van der Waals surface area contributed by atoms with Crippen LogP contribution in [-0.2, 0) is 0 Å². The second kappa shape index (κ2) is 7.17. The molecule has 3 rings (SSSR count). The first kappa shape index (κ1) is 16.7. The van der Waals surface area contributed by atoms with Gasteiger partial charge in [-0.05, 0) is 50.2 Å². The molecular weight excluding hydrogens is 318 g/mol. The van der Waals surface area contributed by atoms with Crippen molar-refractivity contribution < 1.29 is 13.9 Å². The predicted molar refractivity (Wildman–Crippen MR) is 94.6 cm³/mol. The van der Waals surface area contributed by atoms with Gasteiger partial charge in [0.05, 0.1) is 11.8 Å². The van der Waals surface area contributed by atoms with Crippen LogP contribution in [0.25, 0.3) is 11.5 Å². The SMILES string of the molecule is Cc1nnc(-c2ccc(C(=O)Nc3ccccc3OC(C)C)cc2)o1. The zero-order valence-corrected chi connectivity index (χ0v) is 14.3. The number of ether oxygens (including phenoxy) is 1. The maximum absolute atomic E-state index is 12.5. The average molecular weight is 337 g/mol. The molecule has 0 fully saturated rings. The highest BCUT2D eigenvalue weighted by Gasteiger charge is 2.12. The number of hydrogen-bond acceptors (Lipinski definition) is 5. The van der Waals surface area contributed by atoms with Crippen LogP contribution in [0.2, 0.25) is 0 Å². The molecule has 2 aromatic carbocycles. The molecular formula is C19H19N3O3. The first-order valence-corrected chi connectivity index (χ1v) is 8.00. The van der Waals surface area contributed by atoms with E-state index < -0.39 is 0 Å². The fourth-order valence-corrected chi connectivity index (χ4v) is 2.30. The number of aryl methyl sites for hydroxylation is 1. The summed E-state index contributed by atoms with van der Waals surface area (Å²) >= 11 is 0. The number of anilines is 1. The summed E-state index contributed by atoms with van der Waals surface area (Å²) in [6, 6.07) is 14.4. The molecule has 1 N–H and O–H groups in total. The molecule has 3 aromatic rings. The standard InChI is InChI=1S/C19H19N3O3/c1-12(2)24-17-7-5-4-6-16(17)20-18(23)14-8-10-15(11-9-14)19-22-21-13(3)25-19/h4-12H,1-3H3,(H,20,23). The first-order valence-electron chi connectivity index (χ1n) is 8.00.